The minimum absolute atomic E-state index is 0.414. The fraction of sp³-hybridized carbons (Fsp3) is 0.294. The Kier molecular flexibility index (Phi) is 5.11. The molecule has 106 valence electrons. The summed E-state index contributed by atoms with van der Waals surface area (Å²) in [6.07, 6.45) is 0. The van der Waals surface area contributed by atoms with Gasteiger partial charge in [0, 0.05) is 15.9 Å². The van der Waals surface area contributed by atoms with Gasteiger partial charge in [0.1, 0.15) is 11.5 Å². The van der Waals surface area contributed by atoms with Crippen LogP contribution in [0.5, 0.6) is 11.5 Å². The second-order valence-electron chi connectivity index (χ2n) is 5.15. The predicted molar refractivity (Wildman–Crippen MR) is 89.4 cm³/mol. The zero-order valence-electron chi connectivity index (χ0n) is 11.9. The first-order chi connectivity index (χ1) is 9.52. The van der Waals surface area contributed by atoms with E-state index in [1.165, 1.54) is 11.1 Å². The van der Waals surface area contributed by atoms with Crippen LogP contribution in [0.15, 0.2) is 36.4 Å². The summed E-state index contributed by atoms with van der Waals surface area (Å²) in [6, 6.07) is 12.1. The Bertz CT molecular complexity index is 608. The maximum absolute atomic E-state index is 6.22. The van der Waals surface area contributed by atoms with Crippen molar-refractivity contribution in [3.05, 3.63) is 58.1 Å². The molecule has 0 N–H and O–H groups in total. The molecule has 2 aromatic carbocycles. The molecule has 0 amide bonds. The van der Waals surface area contributed by atoms with Gasteiger partial charge in [-0.25, -0.2) is 0 Å². The number of hydrogen-bond donors (Lipinski definition) is 0. The highest BCUT2D eigenvalue weighted by atomic mass is 79.9. The maximum atomic E-state index is 6.22. The lowest BCUT2D eigenvalue weighted by atomic mass is 10.0. The summed E-state index contributed by atoms with van der Waals surface area (Å²) >= 11 is 9.69. The molecule has 1 nitrogen and oxygen atoms in total. The first-order valence-corrected chi connectivity index (χ1v) is 8.14. The quantitative estimate of drug-likeness (QED) is 0.573. The first-order valence-electron chi connectivity index (χ1n) is 6.64. The minimum atomic E-state index is 0.414. The van der Waals surface area contributed by atoms with Crippen molar-refractivity contribution >= 4 is 27.5 Å². The van der Waals surface area contributed by atoms with Gasteiger partial charge in [-0.1, -0.05) is 59.6 Å². The van der Waals surface area contributed by atoms with Crippen LogP contribution in [-0.4, -0.2) is 0 Å². The number of aryl methyl sites for hydroxylation is 1. The number of hydrogen-bond acceptors (Lipinski definition) is 1. The second-order valence-corrected chi connectivity index (χ2v) is 6.12. The average molecular weight is 354 g/mol. The molecule has 0 fully saturated rings. The average Bonchev–Trinajstić information content (AvgIpc) is 2.38. The van der Waals surface area contributed by atoms with E-state index < -0.39 is 0 Å². The van der Waals surface area contributed by atoms with E-state index in [9.17, 15) is 0 Å². The number of benzene rings is 2. The van der Waals surface area contributed by atoms with Crippen molar-refractivity contribution in [1.29, 1.82) is 0 Å². The highest BCUT2D eigenvalue weighted by Crippen LogP contribution is 2.36. The van der Waals surface area contributed by atoms with Crippen LogP contribution in [0.2, 0.25) is 5.02 Å². The summed E-state index contributed by atoms with van der Waals surface area (Å²) < 4.78 is 6.14. The molecule has 0 saturated carbocycles. The van der Waals surface area contributed by atoms with Gasteiger partial charge in [-0.3, -0.25) is 0 Å². The number of ether oxygens (including phenoxy) is 1. The molecule has 2 aromatic rings. The number of rotatable bonds is 4. The molecule has 0 atom stereocenters. The van der Waals surface area contributed by atoms with Gasteiger partial charge in [0.05, 0.1) is 0 Å². The maximum Gasteiger partial charge on any atom is 0.132 e. The first kappa shape index (κ1) is 15.4. The van der Waals surface area contributed by atoms with E-state index >= 15 is 0 Å². The van der Waals surface area contributed by atoms with Gasteiger partial charge in [0.15, 0.2) is 0 Å². The lowest BCUT2D eigenvalue weighted by molar-refractivity contribution is 0.469. The normalized spacial score (nSPS) is 10.9. The molecule has 0 bridgehead atoms. The van der Waals surface area contributed by atoms with Crippen molar-refractivity contribution in [3.63, 3.8) is 0 Å². The minimum Gasteiger partial charge on any atom is -0.457 e. The lowest BCUT2D eigenvalue weighted by Crippen LogP contribution is -1.97. The molecular formula is C17H18BrClO. The van der Waals surface area contributed by atoms with Crippen LogP contribution in [0.4, 0.5) is 0 Å². The SMILES string of the molecule is Cc1ccc(C(C)C)c(Oc2cccc(Cl)c2CBr)c1. The Hall–Kier alpha value is -0.990. The summed E-state index contributed by atoms with van der Waals surface area (Å²) in [7, 11) is 0. The number of halogens is 2. The zero-order chi connectivity index (χ0) is 14.7. The van der Waals surface area contributed by atoms with Gasteiger partial charge in [0.25, 0.3) is 0 Å². The van der Waals surface area contributed by atoms with Crippen molar-refractivity contribution < 1.29 is 4.74 Å². The summed E-state index contributed by atoms with van der Waals surface area (Å²) in [6.45, 7) is 6.40. The summed E-state index contributed by atoms with van der Waals surface area (Å²) in [5, 5.41) is 1.39. The van der Waals surface area contributed by atoms with E-state index in [0.29, 0.717) is 11.2 Å². The van der Waals surface area contributed by atoms with Crippen molar-refractivity contribution in [2.45, 2.75) is 32.0 Å². The van der Waals surface area contributed by atoms with E-state index in [1.54, 1.807) is 0 Å². The van der Waals surface area contributed by atoms with E-state index in [0.717, 1.165) is 22.1 Å². The standard InChI is InChI=1S/C17H18BrClO/c1-11(2)13-8-7-12(3)9-17(13)20-16-6-4-5-15(19)14(16)10-18/h4-9,11H,10H2,1-3H3. The van der Waals surface area contributed by atoms with Crippen LogP contribution in [0, 0.1) is 6.92 Å². The fourth-order valence-corrected chi connectivity index (χ4v) is 3.06. The molecule has 0 saturated heterocycles. The molecule has 0 spiro atoms. The fourth-order valence-electron chi connectivity index (χ4n) is 2.09. The van der Waals surface area contributed by atoms with Gasteiger partial charge in [-0.2, -0.15) is 0 Å². The molecule has 20 heavy (non-hydrogen) atoms. The topological polar surface area (TPSA) is 9.23 Å². The summed E-state index contributed by atoms with van der Waals surface area (Å²) in [5.74, 6) is 2.13. The number of alkyl halides is 1. The van der Waals surface area contributed by atoms with Gasteiger partial charge < -0.3 is 4.74 Å². The van der Waals surface area contributed by atoms with Crippen LogP contribution in [0.3, 0.4) is 0 Å². The zero-order valence-corrected chi connectivity index (χ0v) is 14.3. The molecule has 0 heterocycles. The largest absolute Gasteiger partial charge is 0.457 e. The lowest BCUT2D eigenvalue weighted by Gasteiger charge is -2.16. The molecule has 0 aliphatic heterocycles. The van der Waals surface area contributed by atoms with Crippen molar-refractivity contribution in [2.24, 2.45) is 0 Å². The third-order valence-electron chi connectivity index (χ3n) is 3.22. The summed E-state index contributed by atoms with van der Waals surface area (Å²) in [4.78, 5) is 0. The predicted octanol–water partition coefficient (Wildman–Crippen LogP) is 6.46. The van der Waals surface area contributed by atoms with Crippen LogP contribution < -0.4 is 4.74 Å². The summed E-state index contributed by atoms with van der Waals surface area (Å²) in [5.41, 5.74) is 3.37. The van der Waals surface area contributed by atoms with Crippen LogP contribution in [0.25, 0.3) is 0 Å². The highest BCUT2D eigenvalue weighted by Gasteiger charge is 2.12. The van der Waals surface area contributed by atoms with Crippen LogP contribution in [-0.2, 0) is 5.33 Å². The van der Waals surface area contributed by atoms with Crippen molar-refractivity contribution in [1.82, 2.24) is 0 Å². The Labute approximate surface area is 134 Å². The molecule has 0 aromatic heterocycles. The third kappa shape index (κ3) is 3.36. The Morgan fingerprint density at radius 3 is 2.55 bits per heavy atom. The third-order valence-corrected chi connectivity index (χ3v) is 4.14. The van der Waals surface area contributed by atoms with Crippen molar-refractivity contribution in [2.75, 3.05) is 0 Å². The van der Waals surface area contributed by atoms with Crippen LogP contribution >= 0.6 is 27.5 Å². The molecule has 3 heteroatoms. The van der Waals surface area contributed by atoms with E-state index in [4.69, 9.17) is 16.3 Å². The molecule has 0 unspecified atom stereocenters. The highest BCUT2D eigenvalue weighted by molar-refractivity contribution is 9.08. The molecular weight excluding hydrogens is 336 g/mol. The molecule has 0 radical (unpaired) electrons. The van der Waals surface area contributed by atoms with Crippen LogP contribution in [0.1, 0.15) is 36.5 Å². The van der Waals surface area contributed by atoms with Gasteiger partial charge in [0.2, 0.25) is 0 Å². The Morgan fingerprint density at radius 1 is 1.15 bits per heavy atom. The second kappa shape index (κ2) is 6.64. The van der Waals surface area contributed by atoms with Gasteiger partial charge in [-0.15, -0.1) is 0 Å². The van der Waals surface area contributed by atoms with Gasteiger partial charge in [-0.05, 0) is 42.2 Å². The Morgan fingerprint density at radius 2 is 1.90 bits per heavy atom. The Balaban J connectivity index is 2.44. The van der Waals surface area contributed by atoms with E-state index in [-0.39, 0.29) is 0 Å². The van der Waals surface area contributed by atoms with Crippen molar-refractivity contribution in [3.8, 4) is 11.5 Å². The molecule has 0 aliphatic carbocycles. The van der Waals surface area contributed by atoms with E-state index in [1.807, 2.05) is 18.2 Å². The molecule has 0 aliphatic rings. The van der Waals surface area contributed by atoms with E-state index in [2.05, 4.69) is 54.9 Å². The molecule has 2 rings (SSSR count). The van der Waals surface area contributed by atoms with Gasteiger partial charge >= 0.3 is 0 Å². The monoisotopic (exact) mass is 352 g/mol. The smallest absolute Gasteiger partial charge is 0.132 e.